The van der Waals surface area contributed by atoms with E-state index >= 15 is 0 Å². The summed E-state index contributed by atoms with van der Waals surface area (Å²) in [5.74, 6) is 0.244. The summed E-state index contributed by atoms with van der Waals surface area (Å²) in [5.41, 5.74) is 2.51. The Bertz CT molecular complexity index is 749. The van der Waals surface area contributed by atoms with Crippen molar-refractivity contribution < 1.29 is 9.59 Å². The van der Waals surface area contributed by atoms with Crippen molar-refractivity contribution in [2.75, 3.05) is 50.5 Å². The molecule has 1 unspecified atom stereocenters. The van der Waals surface area contributed by atoms with E-state index < -0.39 is 0 Å². The van der Waals surface area contributed by atoms with E-state index in [1.807, 2.05) is 32.3 Å². The molecule has 1 fully saturated rings. The molecule has 1 aliphatic heterocycles. The molecular weight excluding hydrogens is 400 g/mol. The first-order valence-corrected chi connectivity index (χ1v) is 12.2. The third kappa shape index (κ3) is 9.19. The Balaban J connectivity index is 2.10. The lowest BCUT2D eigenvalue weighted by Gasteiger charge is -2.30. The van der Waals surface area contributed by atoms with Crippen LogP contribution in [-0.4, -0.2) is 57.0 Å². The molecule has 2 amide bonds. The van der Waals surface area contributed by atoms with Gasteiger partial charge in [0.1, 0.15) is 0 Å². The summed E-state index contributed by atoms with van der Waals surface area (Å²) >= 11 is 0. The van der Waals surface area contributed by atoms with Gasteiger partial charge in [0.15, 0.2) is 0 Å². The third-order valence-corrected chi connectivity index (χ3v) is 5.78. The number of carbonyl (C=O) groups excluding carboxylic acids is 2. The Kier molecular flexibility index (Phi) is 10.0. The standard InChI is InChI=1S/C26H44N4O2/c1-20(19-26(2,3)4)17-24(31)28-21-11-12-23(30-15-8-7-9-16-30)22(18-21)25(32)27-13-10-14-29(5)6/h11-12,18,20H,7-10,13-17,19H2,1-6H3,(H,27,32)(H,28,31). The highest BCUT2D eigenvalue weighted by Crippen LogP contribution is 2.29. The highest BCUT2D eigenvalue weighted by atomic mass is 16.2. The summed E-state index contributed by atoms with van der Waals surface area (Å²) in [4.78, 5) is 30.1. The molecule has 1 atom stereocenters. The zero-order chi connectivity index (χ0) is 23.7. The van der Waals surface area contributed by atoms with Crippen molar-refractivity contribution in [2.24, 2.45) is 11.3 Å². The van der Waals surface area contributed by atoms with Crippen LogP contribution in [0.15, 0.2) is 18.2 Å². The second-order valence-electron chi connectivity index (χ2n) is 10.8. The minimum Gasteiger partial charge on any atom is -0.371 e. The number of benzene rings is 1. The number of nitrogens with one attached hydrogen (secondary N) is 2. The molecule has 0 bridgehead atoms. The molecule has 6 nitrogen and oxygen atoms in total. The molecule has 0 aliphatic carbocycles. The number of hydrogen-bond donors (Lipinski definition) is 2. The maximum atomic E-state index is 13.1. The van der Waals surface area contributed by atoms with Crippen molar-refractivity contribution >= 4 is 23.2 Å². The molecule has 180 valence electrons. The Hall–Kier alpha value is -2.08. The fraction of sp³-hybridized carbons (Fsp3) is 0.692. The quantitative estimate of drug-likeness (QED) is 0.511. The van der Waals surface area contributed by atoms with Gasteiger partial charge in [-0.25, -0.2) is 0 Å². The molecule has 1 aromatic rings. The molecule has 6 heteroatoms. The molecule has 1 heterocycles. The van der Waals surface area contributed by atoms with Gasteiger partial charge in [-0.15, -0.1) is 0 Å². The SMILES string of the molecule is CC(CC(=O)Nc1ccc(N2CCCCC2)c(C(=O)NCCCN(C)C)c1)CC(C)(C)C. The van der Waals surface area contributed by atoms with Gasteiger partial charge in [0.25, 0.3) is 5.91 Å². The first-order chi connectivity index (χ1) is 15.0. The van der Waals surface area contributed by atoms with E-state index in [9.17, 15) is 9.59 Å². The Morgan fingerprint density at radius 2 is 1.81 bits per heavy atom. The van der Waals surface area contributed by atoms with Crippen LogP contribution in [0.1, 0.15) is 76.6 Å². The van der Waals surface area contributed by atoms with Crippen LogP contribution in [0.5, 0.6) is 0 Å². The fourth-order valence-electron chi connectivity index (χ4n) is 4.54. The van der Waals surface area contributed by atoms with Gasteiger partial charge in [0, 0.05) is 37.4 Å². The van der Waals surface area contributed by atoms with Crippen LogP contribution in [-0.2, 0) is 4.79 Å². The lowest BCUT2D eigenvalue weighted by Crippen LogP contribution is -2.33. The van der Waals surface area contributed by atoms with Crippen LogP contribution in [0.2, 0.25) is 0 Å². The molecule has 0 radical (unpaired) electrons. The van der Waals surface area contributed by atoms with Gasteiger partial charge in [-0.1, -0.05) is 27.7 Å². The summed E-state index contributed by atoms with van der Waals surface area (Å²) in [7, 11) is 4.07. The molecule has 2 N–H and O–H groups in total. The van der Waals surface area contributed by atoms with Crippen LogP contribution in [0.25, 0.3) is 0 Å². The van der Waals surface area contributed by atoms with E-state index in [1.165, 1.54) is 6.42 Å². The molecule has 2 rings (SSSR count). The van der Waals surface area contributed by atoms with Crippen molar-refractivity contribution in [1.82, 2.24) is 10.2 Å². The predicted octanol–water partition coefficient (Wildman–Crippen LogP) is 4.76. The van der Waals surface area contributed by atoms with E-state index in [1.54, 1.807) is 0 Å². The molecule has 0 aromatic heterocycles. The Morgan fingerprint density at radius 1 is 1.12 bits per heavy atom. The van der Waals surface area contributed by atoms with E-state index in [-0.39, 0.29) is 17.2 Å². The zero-order valence-corrected chi connectivity index (χ0v) is 21.1. The molecule has 0 spiro atoms. The summed E-state index contributed by atoms with van der Waals surface area (Å²) < 4.78 is 0. The van der Waals surface area contributed by atoms with Crippen molar-refractivity contribution in [3.8, 4) is 0 Å². The van der Waals surface area contributed by atoms with Crippen LogP contribution in [0, 0.1) is 11.3 Å². The van der Waals surface area contributed by atoms with Crippen molar-refractivity contribution in [2.45, 2.75) is 66.2 Å². The van der Waals surface area contributed by atoms with Crippen molar-refractivity contribution in [3.63, 3.8) is 0 Å². The fourth-order valence-corrected chi connectivity index (χ4v) is 4.54. The monoisotopic (exact) mass is 444 g/mol. The Labute approximate surface area is 195 Å². The number of carbonyl (C=O) groups is 2. The maximum absolute atomic E-state index is 13.1. The van der Waals surface area contributed by atoms with Crippen LogP contribution in [0.4, 0.5) is 11.4 Å². The second-order valence-corrected chi connectivity index (χ2v) is 10.8. The lowest BCUT2D eigenvalue weighted by molar-refractivity contribution is -0.117. The van der Waals surface area contributed by atoms with Gasteiger partial charge in [0.05, 0.1) is 5.56 Å². The maximum Gasteiger partial charge on any atom is 0.253 e. The number of nitrogens with zero attached hydrogens (tertiary/aromatic N) is 2. The predicted molar refractivity (Wildman–Crippen MR) is 134 cm³/mol. The van der Waals surface area contributed by atoms with Gasteiger partial charge in [-0.3, -0.25) is 9.59 Å². The minimum atomic E-state index is -0.0680. The Morgan fingerprint density at radius 3 is 2.44 bits per heavy atom. The summed E-state index contributed by atoms with van der Waals surface area (Å²) in [6.45, 7) is 12.2. The lowest BCUT2D eigenvalue weighted by atomic mass is 9.84. The first kappa shape index (κ1) is 26.2. The minimum absolute atomic E-state index is 0.00446. The number of anilines is 2. The second kappa shape index (κ2) is 12.2. The topological polar surface area (TPSA) is 64.7 Å². The summed E-state index contributed by atoms with van der Waals surface area (Å²) in [5, 5.41) is 6.09. The van der Waals surface area contributed by atoms with Crippen molar-refractivity contribution in [1.29, 1.82) is 0 Å². The summed E-state index contributed by atoms with van der Waals surface area (Å²) in [6, 6.07) is 5.77. The molecule has 1 saturated heterocycles. The highest BCUT2D eigenvalue weighted by molar-refractivity contribution is 6.02. The van der Waals surface area contributed by atoms with Crippen molar-refractivity contribution in [3.05, 3.63) is 23.8 Å². The van der Waals surface area contributed by atoms with E-state index in [0.29, 0.717) is 30.1 Å². The smallest absolute Gasteiger partial charge is 0.253 e. The average molecular weight is 445 g/mol. The van der Waals surface area contributed by atoms with Crippen LogP contribution >= 0.6 is 0 Å². The normalized spacial score (nSPS) is 15.5. The first-order valence-electron chi connectivity index (χ1n) is 12.2. The van der Waals surface area contributed by atoms with Gasteiger partial charge < -0.3 is 20.4 Å². The van der Waals surface area contributed by atoms with E-state index in [4.69, 9.17) is 0 Å². The van der Waals surface area contributed by atoms with Gasteiger partial charge in [0.2, 0.25) is 5.91 Å². The molecule has 1 aliphatic rings. The number of amides is 2. The highest BCUT2D eigenvalue weighted by Gasteiger charge is 2.21. The number of rotatable bonds is 10. The van der Waals surface area contributed by atoms with Crippen LogP contribution in [0.3, 0.4) is 0 Å². The van der Waals surface area contributed by atoms with Gasteiger partial charge in [-0.2, -0.15) is 0 Å². The van der Waals surface area contributed by atoms with E-state index in [2.05, 4.69) is 48.1 Å². The van der Waals surface area contributed by atoms with E-state index in [0.717, 1.165) is 51.0 Å². The number of piperidine rings is 1. The molecule has 0 saturated carbocycles. The third-order valence-electron chi connectivity index (χ3n) is 5.78. The van der Waals surface area contributed by atoms with Gasteiger partial charge in [-0.05, 0) is 82.3 Å². The number of hydrogen-bond acceptors (Lipinski definition) is 4. The molecule has 32 heavy (non-hydrogen) atoms. The largest absolute Gasteiger partial charge is 0.371 e. The molecule has 1 aromatic carbocycles. The van der Waals surface area contributed by atoms with Gasteiger partial charge >= 0.3 is 0 Å². The average Bonchev–Trinajstić information content (AvgIpc) is 2.70. The molecular formula is C26H44N4O2. The van der Waals surface area contributed by atoms with Crippen LogP contribution < -0.4 is 15.5 Å². The summed E-state index contributed by atoms with van der Waals surface area (Å²) in [6.07, 6.45) is 5.91. The zero-order valence-electron chi connectivity index (χ0n) is 21.1.